The van der Waals surface area contributed by atoms with Gasteiger partial charge in [-0.25, -0.2) is 4.98 Å². The molecule has 0 bridgehead atoms. The summed E-state index contributed by atoms with van der Waals surface area (Å²) in [5.41, 5.74) is -0.807. The number of ether oxygens (including phenoxy) is 1. The van der Waals surface area contributed by atoms with E-state index < -0.39 is 11.7 Å². The molecule has 6 nitrogen and oxygen atoms in total. The van der Waals surface area contributed by atoms with Crippen molar-refractivity contribution >= 4 is 5.96 Å². The average Bonchev–Trinajstić information content (AvgIpc) is 2.62. The third-order valence-corrected chi connectivity index (χ3v) is 3.90. The van der Waals surface area contributed by atoms with Gasteiger partial charge in [0, 0.05) is 32.0 Å². The van der Waals surface area contributed by atoms with E-state index in [2.05, 4.69) is 34.5 Å². The summed E-state index contributed by atoms with van der Waals surface area (Å²) in [4.78, 5) is 8.22. The van der Waals surface area contributed by atoms with Crippen LogP contribution in [-0.4, -0.2) is 48.9 Å². The lowest BCUT2D eigenvalue weighted by molar-refractivity contribution is -0.137. The summed E-state index contributed by atoms with van der Waals surface area (Å²) in [6.45, 7) is 8.34. The first kappa shape index (κ1) is 24.0. The van der Waals surface area contributed by atoms with Crippen molar-refractivity contribution in [1.82, 2.24) is 15.6 Å². The Morgan fingerprint density at radius 3 is 2.57 bits per heavy atom. The van der Waals surface area contributed by atoms with Crippen molar-refractivity contribution in [3.05, 3.63) is 23.9 Å². The first-order valence-electron chi connectivity index (χ1n) is 9.55. The van der Waals surface area contributed by atoms with E-state index in [1.807, 2.05) is 6.92 Å². The number of guanidine groups is 1. The predicted octanol–water partition coefficient (Wildman–Crippen LogP) is 3.08. The third kappa shape index (κ3) is 9.77. The van der Waals surface area contributed by atoms with Gasteiger partial charge < -0.3 is 20.5 Å². The Kier molecular flexibility index (Phi) is 10.7. The van der Waals surface area contributed by atoms with Crippen LogP contribution >= 0.6 is 0 Å². The number of pyridine rings is 1. The molecule has 1 rings (SSSR count). The molecule has 0 spiro atoms. The van der Waals surface area contributed by atoms with Crippen molar-refractivity contribution in [2.75, 3.05) is 32.8 Å². The molecular formula is C19H31F3N4O2. The van der Waals surface area contributed by atoms with Gasteiger partial charge in [0.1, 0.15) is 6.61 Å². The minimum absolute atomic E-state index is 0.136. The molecule has 1 aromatic heterocycles. The van der Waals surface area contributed by atoms with Gasteiger partial charge in [-0.05, 0) is 37.7 Å². The number of aliphatic hydroxyl groups excluding tert-OH is 1. The molecule has 0 saturated heterocycles. The molecule has 0 aliphatic carbocycles. The summed E-state index contributed by atoms with van der Waals surface area (Å²) in [5, 5.41) is 15.5. The summed E-state index contributed by atoms with van der Waals surface area (Å²) >= 11 is 0. The largest absolute Gasteiger partial charge is 0.476 e. The molecule has 1 unspecified atom stereocenters. The van der Waals surface area contributed by atoms with Gasteiger partial charge >= 0.3 is 6.18 Å². The molecule has 28 heavy (non-hydrogen) atoms. The van der Waals surface area contributed by atoms with Crippen molar-refractivity contribution in [3.63, 3.8) is 0 Å². The van der Waals surface area contributed by atoms with Crippen LogP contribution in [0.2, 0.25) is 0 Å². The first-order valence-corrected chi connectivity index (χ1v) is 9.55. The zero-order valence-electron chi connectivity index (χ0n) is 16.7. The Bertz CT molecular complexity index is 578. The highest BCUT2D eigenvalue weighted by molar-refractivity contribution is 5.79. The number of rotatable bonds is 11. The summed E-state index contributed by atoms with van der Waals surface area (Å²) in [5.74, 6) is 1.62. The first-order chi connectivity index (χ1) is 13.3. The van der Waals surface area contributed by atoms with Crippen LogP contribution in [-0.2, 0) is 6.18 Å². The number of aliphatic hydroxyl groups is 1. The van der Waals surface area contributed by atoms with Crippen molar-refractivity contribution in [1.29, 1.82) is 0 Å². The second kappa shape index (κ2) is 12.4. The van der Waals surface area contributed by atoms with Gasteiger partial charge in [-0.15, -0.1) is 0 Å². The topological polar surface area (TPSA) is 78.8 Å². The van der Waals surface area contributed by atoms with Crippen molar-refractivity contribution < 1.29 is 23.0 Å². The fraction of sp³-hybridized carbons (Fsp3) is 0.684. The Morgan fingerprint density at radius 2 is 2.04 bits per heavy atom. The highest BCUT2D eigenvalue weighted by atomic mass is 19.4. The monoisotopic (exact) mass is 404 g/mol. The van der Waals surface area contributed by atoms with Crippen LogP contribution in [0.3, 0.4) is 0 Å². The number of hydrogen-bond acceptors (Lipinski definition) is 4. The maximum atomic E-state index is 12.5. The maximum absolute atomic E-state index is 12.5. The molecule has 0 fully saturated rings. The molecule has 160 valence electrons. The zero-order chi connectivity index (χ0) is 21.0. The molecule has 0 aliphatic heterocycles. The minimum Gasteiger partial charge on any atom is -0.476 e. The van der Waals surface area contributed by atoms with Gasteiger partial charge in [-0.3, -0.25) is 4.99 Å². The normalized spacial score (nSPS) is 13.5. The molecule has 1 aromatic rings. The number of nitrogens with zero attached hydrogens (tertiary/aromatic N) is 2. The standard InChI is InChI=1S/C19H31F3N4O2/c1-4-23-18(26-12-15(7-9-27)11-14(2)3)24-8-10-28-17-6-5-16(13-25-17)19(20,21)22/h5-6,13-15,27H,4,7-12H2,1-3H3,(H2,23,24,26). The number of halogens is 3. The maximum Gasteiger partial charge on any atom is 0.417 e. The van der Waals surface area contributed by atoms with E-state index in [4.69, 9.17) is 4.74 Å². The zero-order valence-corrected chi connectivity index (χ0v) is 16.7. The average molecular weight is 404 g/mol. The molecule has 0 aromatic carbocycles. The van der Waals surface area contributed by atoms with Crippen molar-refractivity contribution in [2.45, 2.75) is 39.8 Å². The molecule has 9 heteroatoms. The number of alkyl halides is 3. The number of nitrogens with one attached hydrogen (secondary N) is 2. The van der Waals surface area contributed by atoms with Crippen LogP contribution in [0.5, 0.6) is 5.88 Å². The van der Waals surface area contributed by atoms with Crippen LogP contribution in [0.15, 0.2) is 23.3 Å². The minimum atomic E-state index is -4.41. The van der Waals surface area contributed by atoms with E-state index in [1.54, 1.807) is 0 Å². The van der Waals surface area contributed by atoms with Gasteiger partial charge in [-0.1, -0.05) is 13.8 Å². The quantitative estimate of drug-likeness (QED) is 0.300. The van der Waals surface area contributed by atoms with Crippen LogP contribution in [0.1, 0.15) is 39.2 Å². The molecule has 1 heterocycles. The van der Waals surface area contributed by atoms with Crippen LogP contribution in [0.25, 0.3) is 0 Å². The van der Waals surface area contributed by atoms with Crippen molar-refractivity contribution in [3.8, 4) is 5.88 Å². The number of aliphatic imine (C=N–C) groups is 1. The summed E-state index contributed by atoms with van der Waals surface area (Å²) in [7, 11) is 0. The van der Waals surface area contributed by atoms with E-state index >= 15 is 0 Å². The predicted molar refractivity (Wildman–Crippen MR) is 103 cm³/mol. The second-order valence-corrected chi connectivity index (χ2v) is 6.89. The fourth-order valence-corrected chi connectivity index (χ4v) is 2.65. The lowest BCUT2D eigenvalue weighted by Crippen LogP contribution is -2.39. The molecule has 0 saturated carbocycles. The number of aromatic nitrogens is 1. The van der Waals surface area contributed by atoms with E-state index in [9.17, 15) is 18.3 Å². The lowest BCUT2D eigenvalue weighted by Gasteiger charge is -2.17. The molecular weight excluding hydrogens is 373 g/mol. The smallest absolute Gasteiger partial charge is 0.417 e. The van der Waals surface area contributed by atoms with E-state index in [1.165, 1.54) is 6.07 Å². The number of hydrogen-bond donors (Lipinski definition) is 3. The van der Waals surface area contributed by atoms with Crippen LogP contribution in [0.4, 0.5) is 13.2 Å². The highest BCUT2D eigenvalue weighted by Crippen LogP contribution is 2.29. The lowest BCUT2D eigenvalue weighted by atomic mass is 9.94. The second-order valence-electron chi connectivity index (χ2n) is 6.89. The summed E-state index contributed by atoms with van der Waals surface area (Å²) < 4.78 is 42.9. The van der Waals surface area contributed by atoms with E-state index in [0.717, 1.165) is 18.7 Å². The van der Waals surface area contributed by atoms with Gasteiger partial charge in [0.2, 0.25) is 5.88 Å². The van der Waals surface area contributed by atoms with Crippen molar-refractivity contribution in [2.24, 2.45) is 16.8 Å². The Hall–Kier alpha value is -2.03. The van der Waals surface area contributed by atoms with Gasteiger partial charge in [0.05, 0.1) is 12.1 Å². The van der Waals surface area contributed by atoms with Gasteiger partial charge in [0.15, 0.2) is 5.96 Å². The fourth-order valence-electron chi connectivity index (χ4n) is 2.65. The SMILES string of the molecule is CCNC(=NCC(CCO)CC(C)C)NCCOc1ccc(C(F)(F)F)cn1. The van der Waals surface area contributed by atoms with Crippen LogP contribution < -0.4 is 15.4 Å². The highest BCUT2D eigenvalue weighted by Gasteiger charge is 2.30. The van der Waals surface area contributed by atoms with E-state index in [-0.39, 0.29) is 19.1 Å². The van der Waals surface area contributed by atoms with E-state index in [0.29, 0.717) is 43.9 Å². The summed E-state index contributed by atoms with van der Waals surface area (Å²) in [6.07, 6.45) is -1.95. The Balaban J connectivity index is 2.47. The molecule has 3 N–H and O–H groups in total. The van der Waals surface area contributed by atoms with Gasteiger partial charge in [-0.2, -0.15) is 13.2 Å². The molecule has 1 atom stereocenters. The Morgan fingerprint density at radius 1 is 1.29 bits per heavy atom. The molecule has 0 aliphatic rings. The Labute approximate surface area is 164 Å². The van der Waals surface area contributed by atoms with Gasteiger partial charge in [0.25, 0.3) is 0 Å². The molecule has 0 amide bonds. The van der Waals surface area contributed by atoms with Crippen LogP contribution in [0, 0.1) is 11.8 Å². The molecule has 0 radical (unpaired) electrons. The third-order valence-electron chi connectivity index (χ3n) is 3.90. The summed E-state index contributed by atoms with van der Waals surface area (Å²) in [6, 6.07) is 2.14.